The average molecular weight is 266 g/mol. The molecule has 0 fully saturated rings. The molecule has 0 spiro atoms. The molecule has 3 N–H and O–H groups in total. The number of primary amides is 1. The summed E-state index contributed by atoms with van der Waals surface area (Å²) in [7, 11) is 3.76. The first-order valence-corrected chi connectivity index (χ1v) is 5.78. The third kappa shape index (κ3) is 4.55. The van der Waals surface area contributed by atoms with Gasteiger partial charge in [0.2, 0.25) is 0 Å². The molecule has 0 unspecified atom stereocenters. The number of carbonyl (C=O) groups is 2. The summed E-state index contributed by atoms with van der Waals surface area (Å²) in [6, 6.07) is 3.13. The van der Waals surface area contributed by atoms with Crippen LogP contribution in [0.25, 0.3) is 0 Å². The Balaban J connectivity index is 3.02. The van der Waals surface area contributed by atoms with Gasteiger partial charge in [-0.3, -0.25) is 9.59 Å². The lowest BCUT2D eigenvalue weighted by molar-refractivity contribution is -0.135. The average Bonchev–Trinajstić information content (AvgIpc) is 2.33. The fraction of sp³-hybridized carbons (Fsp3) is 0.417. The molecule has 0 saturated heterocycles. The van der Waals surface area contributed by atoms with Gasteiger partial charge in [0.1, 0.15) is 12.4 Å². The lowest BCUT2D eigenvalue weighted by atomic mass is 10.2. The third-order valence-corrected chi connectivity index (χ3v) is 2.49. The number of carbonyl (C=O) groups excluding carboxylic acids is 1. The maximum absolute atomic E-state index is 11.3. The Bertz CT molecular complexity index is 462. The van der Waals surface area contributed by atoms with Crippen LogP contribution in [0.4, 0.5) is 5.82 Å². The lowest BCUT2D eigenvalue weighted by Gasteiger charge is -2.24. The van der Waals surface area contributed by atoms with Gasteiger partial charge in [0.25, 0.3) is 5.91 Å². The van der Waals surface area contributed by atoms with Gasteiger partial charge in [-0.25, -0.2) is 4.98 Å². The monoisotopic (exact) mass is 266 g/mol. The van der Waals surface area contributed by atoms with Crippen LogP contribution in [0.3, 0.4) is 0 Å². The second-order valence-electron chi connectivity index (χ2n) is 4.36. The Morgan fingerprint density at radius 3 is 2.58 bits per heavy atom. The van der Waals surface area contributed by atoms with E-state index in [1.165, 1.54) is 17.2 Å². The second-order valence-corrected chi connectivity index (χ2v) is 4.36. The van der Waals surface area contributed by atoms with E-state index in [0.717, 1.165) is 0 Å². The summed E-state index contributed by atoms with van der Waals surface area (Å²) in [5, 5.41) is 8.94. The minimum atomic E-state index is -0.986. The van der Waals surface area contributed by atoms with E-state index in [1.54, 1.807) is 6.07 Å². The highest BCUT2D eigenvalue weighted by Crippen LogP contribution is 2.16. The normalized spacial score (nSPS) is 10.5. The minimum absolute atomic E-state index is 0.225. The zero-order chi connectivity index (χ0) is 14.4. The summed E-state index contributed by atoms with van der Waals surface area (Å²) in [5.74, 6) is -1.30. The van der Waals surface area contributed by atoms with Gasteiger partial charge in [-0.1, -0.05) is 0 Å². The summed E-state index contributed by atoms with van der Waals surface area (Å²) in [5.41, 5.74) is 5.50. The van der Waals surface area contributed by atoms with Crippen molar-refractivity contribution in [1.82, 2.24) is 9.88 Å². The topological polar surface area (TPSA) is 99.8 Å². The molecular formula is C12H18N4O3. The number of hydrogen-bond donors (Lipinski definition) is 2. The smallest absolute Gasteiger partial charge is 0.323 e. The number of aromatic nitrogens is 1. The van der Waals surface area contributed by atoms with E-state index in [1.807, 2.05) is 19.0 Å². The van der Waals surface area contributed by atoms with Crippen molar-refractivity contribution < 1.29 is 14.7 Å². The molecule has 0 aliphatic carbocycles. The Morgan fingerprint density at radius 2 is 2.05 bits per heavy atom. The number of carboxylic acids is 1. The van der Waals surface area contributed by atoms with Crippen LogP contribution in [0.5, 0.6) is 0 Å². The van der Waals surface area contributed by atoms with Gasteiger partial charge in [0.15, 0.2) is 0 Å². The second kappa shape index (κ2) is 6.69. The van der Waals surface area contributed by atoms with Crippen LogP contribution in [-0.4, -0.2) is 60.6 Å². The molecule has 0 radical (unpaired) electrons. The van der Waals surface area contributed by atoms with Gasteiger partial charge in [0.05, 0.1) is 5.56 Å². The van der Waals surface area contributed by atoms with Crippen molar-refractivity contribution in [3.8, 4) is 0 Å². The largest absolute Gasteiger partial charge is 0.480 e. The highest BCUT2D eigenvalue weighted by molar-refractivity contribution is 5.98. The van der Waals surface area contributed by atoms with Gasteiger partial charge >= 0.3 is 5.97 Å². The Morgan fingerprint density at radius 1 is 1.37 bits per heavy atom. The van der Waals surface area contributed by atoms with Gasteiger partial charge in [-0.05, 0) is 26.2 Å². The van der Waals surface area contributed by atoms with E-state index in [9.17, 15) is 9.59 Å². The van der Waals surface area contributed by atoms with Crippen molar-refractivity contribution in [3.63, 3.8) is 0 Å². The number of likely N-dealkylation sites (N-methyl/N-ethyl adjacent to an activating group) is 1. The molecule has 1 rings (SSSR count). The first-order valence-electron chi connectivity index (χ1n) is 5.78. The van der Waals surface area contributed by atoms with Crippen LogP contribution >= 0.6 is 0 Å². The van der Waals surface area contributed by atoms with Crippen LogP contribution in [-0.2, 0) is 4.79 Å². The maximum atomic E-state index is 11.3. The molecule has 7 nitrogen and oxygen atoms in total. The molecule has 0 aliphatic heterocycles. The Hall–Kier alpha value is -2.15. The summed E-state index contributed by atoms with van der Waals surface area (Å²) >= 11 is 0. The molecule has 0 aliphatic rings. The number of nitrogens with zero attached hydrogens (tertiary/aromatic N) is 3. The quantitative estimate of drug-likeness (QED) is 0.698. The predicted octanol–water partition coefficient (Wildman–Crippen LogP) is -0.367. The third-order valence-electron chi connectivity index (χ3n) is 2.49. The molecule has 0 aromatic carbocycles. The summed E-state index contributed by atoms with van der Waals surface area (Å²) in [4.78, 5) is 29.8. The van der Waals surface area contributed by atoms with Crippen LogP contribution < -0.4 is 10.6 Å². The molecule has 19 heavy (non-hydrogen) atoms. The fourth-order valence-electron chi connectivity index (χ4n) is 1.59. The van der Waals surface area contributed by atoms with E-state index >= 15 is 0 Å². The van der Waals surface area contributed by atoms with E-state index in [-0.39, 0.29) is 12.1 Å². The van der Waals surface area contributed by atoms with Crippen LogP contribution in [0.2, 0.25) is 0 Å². The standard InChI is InChI=1S/C12H18N4O3/c1-15(2)6-7-16(8-10(17)18)12-9(11(13)19)4-3-5-14-12/h3-5H,6-8H2,1-2H3,(H2,13,19)(H,17,18). The number of aliphatic carboxylic acids is 1. The van der Waals surface area contributed by atoms with Gasteiger partial charge in [0, 0.05) is 19.3 Å². The predicted molar refractivity (Wildman–Crippen MR) is 71.2 cm³/mol. The number of amides is 1. The zero-order valence-corrected chi connectivity index (χ0v) is 11.0. The Kier molecular flexibility index (Phi) is 5.25. The highest BCUT2D eigenvalue weighted by Gasteiger charge is 2.18. The van der Waals surface area contributed by atoms with Crippen LogP contribution in [0.15, 0.2) is 18.3 Å². The molecule has 1 aromatic rings. The van der Waals surface area contributed by atoms with Gasteiger partial charge in [-0.15, -0.1) is 0 Å². The van der Waals surface area contributed by atoms with Crippen LogP contribution in [0, 0.1) is 0 Å². The van der Waals surface area contributed by atoms with E-state index in [2.05, 4.69) is 4.98 Å². The first kappa shape index (κ1) is 14.9. The van der Waals surface area contributed by atoms with Crippen LogP contribution in [0.1, 0.15) is 10.4 Å². The van der Waals surface area contributed by atoms with Crippen molar-refractivity contribution >= 4 is 17.7 Å². The maximum Gasteiger partial charge on any atom is 0.323 e. The number of pyridine rings is 1. The molecule has 7 heteroatoms. The molecule has 1 amide bonds. The van der Waals surface area contributed by atoms with Crippen molar-refractivity contribution in [2.75, 3.05) is 38.6 Å². The summed E-state index contributed by atoms with van der Waals surface area (Å²) < 4.78 is 0. The van der Waals surface area contributed by atoms with E-state index in [4.69, 9.17) is 10.8 Å². The number of anilines is 1. The summed E-state index contributed by atoms with van der Waals surface area (Å²) in [6.45, 7) is 0.851. The van der Waals surface area contributed by atoms with Crippen molar-refractivity contribution in [2.45, 2.75) is 0 Å². The minimum Gasteiger partial charge on any atom is -0.480 e. The molecule has 0 atom stereocenters. The molecular weight excluding hydrogens is 248 g/mol. The number of nitrogens with two attached hydrogens (primary N) is 1. The van der Waals surface area contributed by atoms with Gasteiger partial charge in [-0.2, -0.15) is 0 Å². The molecule has 104 valence electrons. The SMILES string of the molecule is CN(C)CCN(CC(=O)O)c1ncccc1C(N)=O. The first-order chi connectivity index (χ1) is 8.91. The van der Waals surface area contributed by atoms with Crippen molar-refractivity contribution in [3.05, 3.63) is 23.9 Å². The molecule has 1 aromatic heterocycles. The zero-order valence-electron chi connectivity index (χ0n) is 11.0. The van der Waals surface area contributed by atoms with E-state index in [0.29, 0.717) is 18.9 Å². The Labute approximate surface area is 111 Å². The van der Waals surface area contributed by atoms with Crippen molar-refractivity contribution in [2.24, 2.45) is 5.73 Å². The number of carboxylic acid groups (broad SMARTS) is 1. The molecule has 0 saturated carbocycles. The lowest BCUT2D eigenvalue weighted by Crippen LogP contribution is -2.37. The molecule has 0 bridgehead atoms. The summed E-state index contributed by atoms with van der Waals surface area (Å²) in [6.07, 6.45) is 1.51. The van der Waals surface area contributed by atoms with Gasteiger partial charge < -0.3 is 20.6 Å². The van der Waals surface area contributed by atoms with E-state index < -0.39 is 11.9 Å². The number of rotatable bonds is 7. The highest BCUT2D eigenvalue weighted by atomic mass is 16.4. The van der Waals surface area contributed by atoms with Crippen molar-refractivity contribution in [1.29, 1.82) is 0 Å². The number of hydrogen-bond acceptors (Lipinski definition) is 5. The fourth-order valence-corrected chi connectivity index (χ4v) is 1.59. The molecule has 1 heterocycles.